The first-order chi connectivity index (χ1) is 10.7. The lowest BCUT2D eigenvalue weighted by Crippen LogP contribution is -2.42. The Morgan fingerprint density at radius 2 is 2.32 bits per heavy atom. The van der Waals surface area contributed by atoms with Crippen molar-refractivity contribution in [2.45, 2.75) is 37.4 Å². The van der Waals surface area contributed by atoms with Crippen LogP contribution in [0.25, 0.3) is 11.6 Å². The molecule has 0 unspecified atom stereocenters. The molecule has 3 rings (SSSR count). The molecule has 0 saturated carbocycles. The lowest BCUT2D eigenvalue weighted by Gasteiger charge is -2.33. The van der Waals surface area contributed by atoms with Gasteiger partial charge in [0.1, 0.15) is 0 Å². The average Bonchev–Trinajstić information content (AvgIpc) is 3.15. The van der Waals surface area contributed by atoms with Gasteiger partial charge in [-0.15, -0.1) is 10.2 Å². The molecule has 1 atom stereocenters. The van der Waals surface area contributed by atoms with E-state index in [1.165, 1.54) is 18.2 Å². The summed E-state index contributed by atoms with van der Waals surface area (Å²) in [6.07, 6.45) is 5.03. The van der Waals surface area contributed by atoms with Crippen LogP contribution in [-0.2, 0) is 11.8 Å². The van der Waals surface area contributed by atoms with Crippen LogP contribution < -0.4 is 0 Å². The van der Waals surface area contributed by atoms with Crippen molar-refractivity contribution < 1.29 is 9.21 Å². The lowest BCUT2D eigenvalue weighted by atomic mass is 10.0. The van der Waals surface area contributed by atoms with Crippen LogP contribution in [0.3, 0.4) is 0 Å². The molecule has 0 spiro atoms. The fourth-order valence-corrected chi connectivity index (χ4v) is 3.54. The van der Waals surface area contributed by atoms with Gasteiger partial charge in [0.25, 0.3) is 0 Å². The van der Waals surface area contributed by atoms with Crippen LogP contribution in [0.4, 0.5) is 0 Å². The summed E-state index contributed by atoms with van der Waals surface area (Å²) in [5.74, 6) is 1.93. The molecule has 0 bridgehead atoms. The van der Waals surface area contributed by atoms with Gasteiger partial charge in [0, 0.05) is 19.6 Å². The first-order valence-electron chi connectivity index (χ1n) is 7.52. The molecule has 0 aromatic carbocycles. The molecule has 1 saturated heterocycles. The SMILES string of the molecule is C[C@@H]1CCCCN1C(=O)CSc1nnc(-c2ccco2)n1C. The summed E-state index contributed by atoms with van der Waals surface area (Å²) in [5, 5.41) is 9.02. The molecule has 0 radical (unpaired) electrons. The normalized spacial score (nSPS) is 18.6. The van der Waals surface area contributed by atoms with Gasteiger partial charge >= 0.3 is 0 Å². The second-order valence-corrected chi connectivity index (χ2v) is 6.51. The summed E-state index contributed by atoms with van der Waals surface area (Å²) in [4.78, 5) is 14.3. The van der Waals surface area contributed by atoms with E-state index in [1.54, 1.807) is 6.26 Å². The summed E-state index contributed by atoms with van der Waals surface area (Å²) in [5.41, 5.74) is 0. The van der Waals surface area contributed by atoms with Crippen LogP contribution in [0.5, 0.6) is 0 Å². The first-order valence-corrected chi connectivity index (χ1v) is 8.51. The molecular weight excluding hydrogens is 300 g/mol. The van der Waals surface area contributed by atoms with Crippen LogP contribution in [-0.4, -0.2) is 43.9 Å². The third-order valence-corrected chi connectivity index (χ3v) is 5.03. The Bertz CT molecular complexity index is 638. The van der Waals surface area contributed by atoms with Gasteiger partial charge in [0.15, 0.2) is 16.7 Å². The number of amides is 1. The minimum atomic E-state index is 0.180. The van der Waals surface area contributed by atoms with Gasteiger partial charge in [-0.1, -0.05) is 11.8 Å². The van der Waals surface area contributed by atoms with E-state index in [9.17, 15) is 4.79 Å². The number of aromatic nitrogens is 3. The van der Waals surface area contributed by atoms with Gasteiger partial charge in [-0.2, -0.15) is 0 Å². The van der Waals surface area contributed by atoms with Crippen molar-refractivity contribution in [3.63, 3.8) is 0 Å². The number of nitrogens with zero attached hydrogens (tertiary/aromatic N) is 4. The summed E-state index contributed by atoms with van der Waals surface area (Å²) in [6.45, 7) is 3.00. The number of likely N-dealkylation sites (tertiary alicyclic amines) is 1. The molecule has 22 heavy (non-hydrogen) atoms. The minimum absolute atomic E-state index is 0.180. The van der Waals surface area contributed by atoms with Crippen molar-refractivity contribution in [2.24, 2.45) is 7.05 Å². The maximum Gasteiger partial charge on any atom is 0.233 e. The third kappa shape index (κ3) is 3.04. The van der Waals surface area contributed by atoms with Crippen LogP contribution in [0, 0.1) is 0 Å². The number of carbonyl (C=O) groups excluding carboxylic acids is 1. The zero-order chi connectivity index (χ0) is 15.5. The van der Waals surface area contributed by atoms with Gasteiger partial charge in [0.05, 0.1) is 12.0 Å². The van der Waals surface area contributed by atoms with E-state index in [1.807, 2.05) is 28.6 Å². The van der Waals surface area contributed by atoms with E-state index in [0.717, 1.165) is 24.5 Å². The Hall–Kier alpha value is -1.76. The fraction of sp³-hybridized carbons (Fsp3) is 0.533. The van der Waals surface area contributed by atoms with Gasteiger partial charge < -0.3 is 13.9 Å². The summed E-state index contributed by atoms with van der Waals surface area (Å²) >= 11 is 1.43. The molecule has 2 aromatic heterocycles. The highest BCUT2D eigenvalue weighted by Crippen LogP contribution is 2.24. The quantitative estimate of drug-likeness (QED) is 0.810. The molecule has 7 heteroatoms. The smallest absolute Gasteiger partial charge is 0.233 e. The van der Waals surface area contributed by atoms with E-state index >= 15 is 0 Å². The monoisotopic (exact) mass is 320 g/mol. The minimum Gasteiger partial charge on any atom is -0.461 e. The summed E-state index contributed by atoms with van der Waals surface area (Å²) in [7, 11) is 1.88. The third-order valence-electron chi connectivity index (χ3n) is 4.02. The van der Waals surface area contributed by atoms with E-state index < -0.39 is 0 Å². The lowest BCUT2D eigenvalue weighted by molar-refractivity contribution is -0.131. The zero-order valence-electron chi connectivity index (χ0n) is 12.9. The number of hydrogen-bond donors (Lipinski definition) is 0. The second-order valence-electron chi connectivity index (χ2n) is 5.56. The Kier molecular flexibility index (Phi) is 4.52. The molecule has 6 nitrogen and oxygen atoms in total. The van der Waals surface area contributed by atoms with Gasteiger partial charge in [-0.3, -0.25) is 4.79 Å². The van der Waals surface area contributed by atoms with Crippen molar-refractivity contribution in [3.05, 3.63) is 18.4 Å². The van der Waals surface area contributed by atoms with Crippen molar-refractivity contribution >= 4 is 17.7 Å². The van der Waals surface area contributed by atoms with Gasteiger partial charge in [-0.05, 0) is 38.3 Å². The van der Waals surface area contributed by atoms with E-state index in [4.69, 9.17) is 4.42 Å². The topological polar surface area (TPSA) is 64.2 Å². The largest absolute Gasteiger partial charge is 0.461 e. The number of rotatable bonds is 4. The van der Waals surface area contributed by atoms with Crippen LogP contribution in [0.2, 0.25) is 0 Å². The second kappa shape index (κ2) is 6.56. The van der Waals surface area contributed by atoms with Crippen LogP contribution in [0.15, 0.2) is 28.0 Å². The average molecular weight is 320 g/mol. The predicted molar refractivity (Wildman–Crippen MR) is 84.5 cm³/mol. The molecular formula is C15H20N4O2S. The number of thioether (sulfide) groups is 1. The standard InChI is InChI=1S/C15H20N4O2S/c1-11-6-3-4-8-19(11)13(20)10-22-15-17-16-14(18(15)2)12-7-5-9-21-12/h5,7,9,11H,3-4,6,8,10H2,1-2H3/t11-/m1/s1. The van der Waals surface area contributed by atoms with Crippen LogP contribution in [0.1, 0.15) is 26.2 Å². The molecule has 0 N–H and O–H groups in total. The summed E-state index contributed by atoms with van der Waals surface area (Å²) in [6, 6.07) is 4.01. The van der Waals surface area contributed by atoms with Crippen molar-refractivity contribution in [1.82, 2.24) is 19.7 Å². The molecule has 1 amide bonds. The molecule has 0 aliphatic carbocycles. The Balaban J connectivity index is 1.63. The van der Waals surface area contributed by atoms with Crippen molar-refractivity contribution in [3.8, 4) is 11.6 Å². The Morgan fingerprint density at radius 3 is 3.05 bits per heavy atom. The zero-order valence-corrected chi connectivity index (χ0v) is 13.7. The van der Waals surface area contributed by atoms with Crippen molar-refractivity contribution in [2.75, 3.05) is 12.3 Å². The predicted octanol–water partition coefficient (Wildman–Crippen LogP) is 2.57. The summed E-state index contributed by atoms with van der Waals surface area (Å²) < 4.78 is 7.20. The molecule has 1 aliphatic rings. The van der Waals surface area contributed by atoms with Gasteiger partial charge in [0.2, 0.25) is 5.91 Å². The Morgan fingerprint density at radius 1 is 1.45 bits per heavy atom. The maximum absolute atomic E-state index is 12.4. The molecule has 2 aromatic rings. The highest BCUT2D eigenvalue weighted by Gasteiger charge is 2.23. The number of piperidine rings is 1. The van der Waals surface area contributed by atoms with Gasteiger partial charge in [-0.25, -0.2) is 0 Å². The first kappa shape index (κ1) is 15.1. The highest BCUT2D eigenvalue weighted by atomic mass is 32.2. The molecule has 1 fully saturated rings. The number of carbonyl (C=O) groups is 1. The fourth-order valence-electron chi connectivity index (χ4n) is 2.74. The van der Waals surface area contributed by atoms with E-state index in [2.05, 4.69) is 17.1 Å². The molecule has 118 valence electrons. The van der Waals surface area contributed by atoms with E-state index in [-0.39, 0.29) is 5.91 Å². The number of furan rings is 1. The number of hydrogen-bond acceptors (Lipinski definition) is 5. The maximum atomic E-state index is 12.4. The molecule has 3 heterocycles. The van der Waals surface area contributed by atoms with Crippen LogP contribution >= 0.6 is 11.8 Å². The van der Waals surface area contributed by atoms with Crippen molar-refractivity contribution in [1.29, 1.82) is 0 Å². The highest BCUT2D eigenvalue weighted by molar-refractivity contribution is 7.99. The van der Waals surface area contributed by atoms with E-state index in [0.29, 0.717) is 23.4 Å². The molecule has 1 aliphatic heterocycles. The Labute approximate surface area is 133 Å².